The van der Waals surface area contributed by atoms with Gasteiger partial charge in [0.2, 0.25) is 16.0 Å². The molecule has 1 aromatic carbocycles. The average Bonchev–Trinajstić information content (AvgIpc) is 3.16. The molecule has 0 saturated heterocycles. The highest BCUT2D eigenvalue weighted by Gasteiger charge is 2.21. The van der Waals surface area contributed by atoms with Crippen molar-refractivity contribution in [1.29, 1.82) is 0 Å². The van der Waals surface area contributed by atoms with Crippen LogP contribution in [0.5, 0.6) is 0 Å². The zero-order chi connectivity index (χ0) is 18.1. The summed E-state index contributed by atoms with van der Waals surface area (Å²) in [4.78, 5) is 16.6. The van der Waals surface area contributed by atoms with Crippen LogP contribution in [-0.2, 0) is 4.79 Å². The van der Waals surface area contributed by atoms with Crippen molar-refractivity contribution in [1.82, 2.24) is 14.6 Å². The van der Waals surface area contributed by atoms with E-state index in [1.807, 2.05) is 28.8 Å². The molecule has 0 unspecified atom stereocenters. The molecule has 0 radical (unpaired) electrons. The fourth-order valence-electron chi connectivity index (χ4n) is 3.30. The van der Waals surface area contributed by atoms with Crippen molar-refractivity contribution < 1.29 is 9.90 Å². The van der Waals surface area contributed by atoms with E-state index in [4.69, 9.17) is 0 Å². The highest BCUT2D eigenvalue weighted by atomic mass is 32.1. The number of nitrogens with zero attached hydrogens (tertiary/aromatic N) is 3. The summed E-state index contributed by atoms with van der Waals surface area (Å²) in [6.07, 6.45) is 5.21. The van der Waals surface area contributed by atoms with Gasteiger partial charge in [0, 0.05) is 24.2 Å². The van der Waals surface area contributed by atoms with Gasteiger partial charge >= 0.3 is 0 Å². The van der Waals surface area contributed by atoms with Gasteiger partial charge in [0.1, 0.15) is 0 Å². The maximum atomic E-state index is 11.3. The first-order valence-corrected chi connectivity index (χ1v) is 9.57. The number of amides is 1. The van der Waals surface area contributed by atoms with Gasteiger partial charge < -0.3 is 15.7 Å². The third kappa shape index (κ3) is 3.56. The summed E-state index contributed by atoms with van der Waals surface area (Å²) >= 11 is 1.52. The Kier molecular flexibility index (Phi) is 4.60. The lowest BCUT2D eigenvalue weighted by atomic mass is 9.93. The molecule has 3 aromatic rings. The van der Waals surface area contributed by atoms with Crippen molar-refractivity contribution in [3.63, 3.8) is 0 Å². The predicted molar refractivity (Wildman–Crippen MR) is 102 cm³/mol. The zero-order valence-corrected chi connectivity index (χ0v) is 15.3. The number of fused-ring (bicyclic) bond motifs is 1. The van der Waals surface area contributed by atoms with Crippen LogP contribution in [0.15, 0.2) is 30.5 Å². The van der Waals surface area contributed by atoms with Crippen molar-refractivity contribution in [3.05, 3.63) is 30.5 Å². The van der Waals surface area contributed by atoms with Gasteiger partial charge in [-0.3, -0.25) is 4.79 Å². The number of anilines is 2. The predicted octanol–water partition coefficient (Wildman–Crippen LogP) is 3.13. The van der Waals surface area contributed by atoms with Crippen LogP contribution >= 0.6 is 11.3 Å². The van der Waals surface area contributed by atoms with Gasteiger partial charge in [-0.05, 0) is 37.8 Å². The molecule has 0 aliphatic heterocycles. The molecular formula is C18H21N5O2S. The van der Waals surface area contributed by atoms with Crippen LogP contribution in [0.3, 0.4) is 0 Å². The normalized spacial score (nSPS) is 20.2. The van der Waals surface area contributed by atoms with Gasteiger partial charge in [-0.15, -0.1) is 5.10 Å². The Hall–Kier alpha value is -2.45. The summed E-state index contributed by atoms with van der Waals surface area (Å²) in [6, 6.07) is 8.00. The van der Waals surface area contributed by atoms with Crippen molar-refractivity contribution in [3.8, 4) is 11.3 Å². The van der Waals surface area contributed by atoms with E-state index in [0.29, 0.717) is 6.04 Å². The highest BCUT2D eigenvalue weighted by molar-refractivity contribution is 7.20. The monoisotopic (exact) mass is 371 g/mol. The fraction of sp³-hybridized carbons (Fsp3) is 0.389. The number of hydrogen-bond donors (Lipinski definition) is 3. The zero-order valence-electron chi connectivity index (χ0n) is 14.5. The van der Waals surface area contributed by atoms with E-state index < -0.39 is 0 Å². The molecule has 1 fully saturated rings. The summed E-state index contributed by atoms with van der Waals surface area (Å²) in [5.41, 5.74) is 2.58. The molecule has 1 amide bonds. The Morgan fingerprint density at radius 1 is 1.31 bits per heavy atom. The number of rotatable bonds is 4. The molecule has 1 saturated carbocycles. The number of aliphatic hydroxyl groups excluding tert-OH is 1. The van der Waals surface area contributed by atoms with E-state index in [2.05, 4.69) is 20.7 Å². The molecule has 8 heteroatoms. The van der Waals surface area contributed by atoms with E-state index in [1.165, 1.54) is 18.3 Å². The van der Waals surface area contributed by atoms with Gasteiger partial charge in [-0.2, -0.15) is 0 Å². The lowest BCUT2D eigenvalue weighted by Gasteiger charge is -2.25. The van der Waals surface area contributed by atoms with Crippen molar-refractivity contribution >= 4 is 33.0 Å². The van der Waals surface area contributed by atoms with Gasteiger partial charge in [0.05, 0.1) is 18.0 Å². The van der Waals surface area contributed by atoms with Crippen LogP contribution in [0.4, 0.5) is 10.8 Å². The van der Waals surface area contributed by atoms with E-state index >= 15 is 0 Å². The maximum absolute atomic E-state index is 11.3. The first-order chi connectivity index (χ1) is 12.6. The van der Waals surface area contributed by atoms with Crippen molar-refractivity contribution in [2.24, 2.45) is 0 Å². The van der Waals surface area contributed by atoms with Crippen LogP contribution in [0, 0.1) is 0 Å². The molecular weight excluding hydrogens is 350 g/mol. The molecule has 0 atom stereocenters. The largest absolute Gasteiger partial charge is 0.393 e. The molecule has 1 aliphatic carbocycles. The van der Waals surface area contributed by atoms with E-state index in [1.54, 1.807) is 6.20 Å². The Labute approximate surface area is 155 Å². The summed E-state index contributed by atoms with van der Waals surface area (Å²) in [6.45, 7) is 1.49. The second-order valence-corrected chi connectivity index (χ2v) is 7.61. The Morgan fingerprint density at radius 2 is 2.12 bits per heavy atom. The molecule has 3 N–H and O–H groups in total. The number of carbonyl (C=O) groups is 1. The molecule has 4 rings (SSSR count). The maximum Gasteiger partial charge on any atom is 0.221 e. The van der Waals surface area contributed by atoms with Crippen LogP contribution in [0.2, 0.25) is 0 Å². The first-order valence-electron chi connectivity index (χ1n) is 8.75. The fourth-order valence-corrected chi connectivity index (χ4v) is 4.15. The van der Waals surface area contributed by atoms with Crippen LogP contribution < -0.4 is 10.6 Å². The van der Waals surface area contributed by atoms with Gasteiger partial charge in [-0.1, -0.05) is 23.5 Å². The second-order valence-electron chi connectivity index (χ2n) is 6.66. The Morgan fingerprint density at radius 3 is 2.88 bits per heavy atom. The molecule has 1 aliphatic rings. The smallest absolute Gasteiger partial charge is 0.221 e. The lowest BCUT2D eigenvalue weighted by molar-refractivity contribution is -0.114. The minimum absolute atomic E-state index is 0.0988. The molecule has 26 heavy (non-hydrogen) atoms. The quantitative estimate of drug-likeness (QED) is 0.655. The molecule has 0 spiro atoms. The number of hydrogen-bond acceptors (Lipinski definition) is 6. The summed E-state index contributed by atoms with van der Waals surface area (Å²) in [7, 11) is 0. The van der Waals surface area contributed by atoms with Crippen LogP contribution in [0.25, 0.3) is 16.2 Å². The summed E-state index contributed by atoms with van der Waals surface area (Å²) < 4.78 is 1.83. The van der Waals surface area contributed by atoms with E-state index in [0.717, 1.165) is 52.7 Å². The minimum atomic E-state index is -0.163. The van der Waals surface area contributed by atoms with E-state index in [9.17, 15) is 9.90 Å². The van der Waals surface area contributed by atoms with Gasteiger partial charge in [0.25, 0.3) is 0 Å². The second kappa shape index (κ2) is 7.05. The summed E-state index contributed by atoms with van der Waals surface area (Å²) in [5.74, 6) is -0.0988. The van der Waals surface area contributed by atoms with Gasteiger partial charge in [-0.25, -0.2) is 9.50 Å². The minimum Gasteiger partial charge on any atom is -0.393 e. The first kappa shape index (κ1) is 17.0. The third-order valence-corrected chi connectivity index (χ3v) is 5.44. The molecule has 136 valence electrons. The highest BCUT2D eigenvalue weighted by Crippen LogP contribution is 2.29. The third-order valence-electron chi connectivity index (χ3n) is 4.59. The Balaban J connectivity index is 1.57. The Bertz CT molecular complexity index is 927. The molecule has 7 nitrogen and oxygen atoms in total. The van der Waals surface area contributed by atoms with Crippen LogP contribution in [-0.4, -0.2) is 37.8 Å². The van der Waals surface area contributed by atoms with Crippen molar-refractivity contribution in [2.75, 3.05) is 10.6 Å². The molecule has 2 heterocycles. The molecule has 2 aromatic heterocycles. The van der Waals surface area contributed by atoms with Crippen molar-refractivity contribution in [2.45, 2.75) is 44.8 Å². The number of imidazole rings is 1. The average molecular weight is 371 g/mol. The lowest BCUT2D eigenvalue weighted by Crippen LogP contribution is -2.28. The topological polar surface area (TPSA) is 91.5 Å². The number of carbonyl (C=O) groups excluding carboxylic acids is 1. The van der Waals surface area contributed by atoms with E-state index in [-0.39, 0.29) is 12.0 Å². The summed E-state index contributed by atoms with van der Waals surface area (Å²) in [5, 5.41) is 21.4. The standard InChI is InChI=1S/C18H21N5O2S/c1-11(24)20-14-4-2-3-12(9-14)16-10-19-18-23(16)22-17(26-18)21-13-5-7-15(25)8-6-13/h2-4,9-10,13,15,25H,5-8H2,1H3,(H,20,24)(H,21,22). The number of aliphatic hydroxyl groups is 1. The number of nitrogens with one attached hydrogen (secondary N) is 2. The molecule has 0 bridgehead atoms. The number of aromatic nitrogens is 3. The SMILES string of the molecule is CC(=O)Nc1cccc(-c2cnc3sc(NC4CCC(O)CC4)nn23)c1. The number of benzene rings is 1. The van der Waals surface area contributed by atoms with Gasteiger partial charge in [0.15, 0.2) is 0 Å². The van der Waals surface area contributed by atoms with Crippen LogP contribution in [0.1, 0.15) is 32.6 Å².